The van der Waals surface area contributed by atoms with Gasteiger partial charge in [0.25, 0.3) is 0 Å². The maximum atomic E-state index is 4.57. The van der Waals surface area contributed by atoms with Gasteiger partial charge >= 0.3 is 0 Å². The SMILES string of the molecule is CN=C(NC1CCN(c2ccc(C)cn2)CC1)NC1CC1C1CCCCC1.I. The Morgan fingerprint density at radius 2 is 1.82 bits per heavy atom. The molecule has 2 aliphatic carbocycles. The number of nitrogens with one attached hydrogen (secondary N) is 2. The lowest BCUT2D eigenvalue weighted by Crippen LogP contribution is -2.49. The van der Waals surface area contributed by atoms with Crippen molar-refractivity contribution in [2.24, 2.45) is 16.8 Å². The van der Waals surface area contributed by atoms with Gasteiger partial charge in [-0.15, -0.1) is 24.0 Å². The van der Waals surface area contributed by atoms with Crippen LogP contribution in [-0.2, 0) is 0 Å². The number of halogens is 1. The molecule has 1 aromatic rings. The minimum absolute atomic E-state index is 0. The van der Waals surface area contributed by atoms with Crippen LogP contribution in [0.3, 0.4) is 0 Å². The molecule has 2 unspecified atom stereocenters. The predicted molar refractivity (Wildman–Crippen MR) is 128 cm³/mol. The molecule has 0 radical (unpaired) electrons. The standard InChI is InChI=1S/C22H35N5.HI/c1-16-8-9-21(24-15-16)27-12-10-18(11-13-27)25-22(23-2)26-20-14-19(20)17-6-4-3-5-7-17;/h8-9,15,17-20H,3-7,10-14H2,1-2H3,(H2,23,25,26);1H. The summed E-state index contributed by atoms with van der Waals surface area (Å²) in [6.45, 7) is 4.20. The summed E-state index contributed by atoms with van der Waals surface area (Å²) in [4.78, 5) is 11.5. The molecule has 3 aliphatic rings. The third kappa shape index (κ3) is 5.51. The first-order valence-corrected chi connectivity index (χ1v) is 10.9. The lowest BCUT2D eigenvalue weighted by molar-refractivity contribution is 0.315. The Morgan fingerprint density at radius 1 is 1.07 bits per heavy atom. The van der Waals surface area contributed by atoms with E-state index in [2.05, 4.69) is 44.6 Å². The lowest BCUT2D eigenvalue weighted by atomic mass is 9.85. The minimum atomic E-state index is 0. The van der Waals surface area contributed by atoms with Crippen LogP contribution in [0.2, 0.25) is 0 Å². The number of rotatable bonds is 4. The highest BCUT2D eigenvalue weighted by Crippen LogP contribution is 2.44. The number of anilines is 1. The van der Waals surface area contributed by atoms with Gasteiger partial charge in [0.2, 0.25) is 0 Å². The molecule has 3 fully saturated rings. The molecule has 2 atom stereocenters. The maximum Gasteiger partial charge on any atom is 0.191 e. The molecule has 1 aromatic heterocycles. The number of aromatic nitrogens is 1. The molecule has 2 heterocycles. The van der Waals surface area contributed by atoms with E-state index in [0.29, 0.717) is 12.1 Å². The fraction of sp³-hybridized carbons (Fsp3) is 0.727. The minimum Gasteiger partial charge on any atom is -0.356 e. The Kier molecular flexibility index (Phi) is 7.83. The summed E-state index contributed by atoms with van der Waals surface area (Å²) in [5.41, 5.74) is 1.22. The number of hydrogen-bond donors (Lipinski definition) is 2. The quantitative estimate of drug-likeness (QED) is 0.374. The van der Waals surface area contributed by atoms with E-state index >= 15 is 0 Å². The summed E-state index contributed by atoms with van der Waals surface area (Å²) >= 11 is 0. The normalized spacial score (nSPS) is 26.5. The van der Waals surface area contributed by atoms with Crippen LogP contribution < -0.4 is 15.5 Å². The molecular weight excluding hydrogens is 461 g/mol. The molecule has 0 bridgehead atoms. The molecule has 2 saturated carbocycles. The van der Waals surface area contributed by atoms with Crippen molar-refractivity contribution < 1.29 is 0 Å². The second-order valence-corrected chi connectivity index (χ2v) is 8.72. The second-order valence-electron chi connectivity index (χ2n) is 8.72. The van der Waals surface area contributed by atoms with E-state index < -0.39 is 0 Å². The van der Waals surface area contributed by atoms with Crippen molar-refractivity contribution >= 4 is 35.8 Å². The number of aryl methyl sites for hydroxylation is 1. The Labute approximate surface area is 187 Å². The van der Waals surface area contributed by atoms with Crippen LogP contribution in [0.15, 0.2) is 23.3 Å². The van der Waals surface area contributed by atoms with Crippen LogP contribution in [-0.4, -0.2) is 43.2 Å². The van der Waals surface area contributed by atoms with Gasteiger partial charge in [-0.3, -0.25) is 4.99 Å². The molecule has 4 rings (SSSR count). The molecule has 1 saturated heterocycles. The highest BCUT2D eigenvalue weighted by atomic mass is 127. The van der Waals surface area contributed by atoms with Gasteiger partial charge in [0, 0.05) is 38.4 Å². The van der Waals surface area contributed by atoms with E-state index in [0.717, 1.165) is 49.5 Å². The fourth-order valence-corrected chi connectivity index (χ4v) is 4.90. The summed E-state index contributed by atoms with van der Waals surface area (Å²) in [7, 11) is 1.90. The number of nitrogens with zero attached hydrogens (tertiary/aromatic N) is 3. The van der Waals surface area contributed by atoms with Gasteiger partial charge in [0.15, 0.2) is 5.96 Å². The van der Waals surface area contributed by atoms with Crippen molar-refractivity contribution in [3.63, 3.8) is 0 Å². The molecule has 5 nitrogen and oxygen atoms in total. The van der Waals surface area contributed by atoms with Gasteiger partial charge in [-0.1, -0.05) is 38.2 Å². The number of piperidine rings is 1. The summed E-state index contributed by atoms with van der Waals surface area (Å²) < 4.78 is 0. The van der Waals surface area contributed by atoms with E-state index in [4.69, 9.17) is 0 Å². The zero-order chi connectivity index (χ0) is 18.6. The maximum absolute atomic E-state index is 4.57. The van der Waals surface area contributed by atoms with Crippen molar-refractivity contribution in [3.8, 4) is 0 Å². The third-order valence-corrected chi connectivity index (χ3v) is 6.70. The summed E-state index contributed by atoms with van der Waals surface area (Å²) in [6, 6.07) is 5.44. The van der Waals surface area contributed by atoms with Gasteiger partial charge in [-0.05, 0) is 49.7 Å². The van der Waals surface area contributed by atoms with Gasteiger partial charge in [-0.2, -0.15) is 0 Å². The van der Waals surface area contributed by atoms with Gasteiger partial charge in [0.05, 0.1) is 0 Å². The Morgan fingerprint density at radius 3 is 2.46 bits per heavy atom. The molecule has 2 N–H and O–H groups in total. The van der Waals surface area contributed by atoms with Crippen LogP contribution in [0.25, 0.3) is 0 Å². The average molecular weight is 497 g/mol. The first-order chi connectivity index (χ1) is 13.2. The molecule has 156 valence electrons. The van der Waals surface area contributed by atoms with Gasteiger partial charge in [-0.25, -0.2) is 4.98 Å². The van der Waals surface area contributed by atoms with E-state index in [-0.39, 0.29) is 24.0 Å². The molecule has 0 amide bonds. The molecular formula is C22H36IN5. The van der Waals surface area contributed by atoms with Gasteiger partial charge in [0.1, 0.15) is 5.82 Å². The van der Waals surface area contributed by atoms with E-state index in [1.165, 1.54) is 44.1 Å². The predicted octanol–water partition coefficient (Wildman–Crippen LogP) is 4.11. The van der Waals surface area contributed by atoms with Crippen LogP contribution in [0.5, 0.6) is 0 Å². The Hall–Kier alpha value is -1.05. The van der Waals surface area contributed by atoms with Crippen LogP contribution in [0.4, 0.5) is 5.82 Å². The van der Waals surface area contributed by atoms with Crippen molar-refractivity contribution in [1.29, 1.82) is 0 Å². The van der Waals surface area contributed by atoms with Crippen LogP contribution in [0.1, 0.15) is 56.9 Å². The van der Waals surface area contributed by atoms with Gasteiger partial charge < -0.3 is 15.5 Å². The average Bonchev–Trinajstić information content (AvgIpc) is 3.48. The smallest absolute Gasteiger partial charge is 0.191 e. The highest BCUT2D eigenvalue weighted by molar-refractivity contribution is 14.0. The van der Waals surface area contributed by atoms with Crippen LogP contribution in [0, 0.1) is 18.8 Å². The number of hydrogen-bond acceptors (Lipinski definition) is 3. The second kappa shape index (κ2) is 10.1. The first kappa shape index (κ1) is 21.7. The zero-order valence-corrected chi connectivity index (χ0v) is 19.7. The Bertz CT molecular complexity index is 633. The summed E-state index contributed by atoms with van der Waals surface area (Å²) in [5, 5.41) is 7.37. The number of aliphatic imine (C=N–C) groups is 1. The van der Waals surface area contributed by atoms with E-state index in [1.54, 1.807) is 0 Å². The fourth-order valence-electron chi connectivity index (χ4n) is 4.90. The van der Waals surface area contributed by atoms with Crippen molar-refractivity contribution in [3.05, 3.63) is 23.9 Å². The Balaban J connectivity index is 0.00000225. The summed E-state index contributed by atoms with van der Waals surface area (Å²) in [6.07, 6.45) is 12.8. The molecule has 6 heteroatoms. The topological polar surface area (TPSA) is 52.6 Å². The van der Waals surface area contributed by atoms with Crippen molar-refractivity contribution in [2.45, 2.75) is 70.4 Å². The first-order valence-electron chi connectivity index (χ1n) is 10.9. The van der Waals surface area contributed by atoms with E-state index in [9.17, 15) is 0 Å². The van der Waals surface area contributed by atoms with Crippen molar-refractivity contribution in [2.75, 3.05) is 25.0 Å². The van der Waals surface area contributed by atoms with Crippen molar-refractivity contribution in [1.82, 2.24) is 15.6 Å². The highest BCUT2D eigenvalue weighted by Gasteiger charge is 2.43. The lowest BCUT2D eigenvalue weighted by Gasteiger charge is -2.34. The zero-order valence-electron chi connectivity index (χ0n) is 17.4. The number of guanidine groups is 1. The largest absolute Gasteiger partial charge is 0.356 e. The molecule has 0 spiro atoms. The molecule has 1 aliphatic heterocycles. The van der Waals surface area contributed by atoms with E-state index in [1.807, 2.05) is 13.2 Å². The number of pyridine rings is 1. The summed E-state index contributed by atoms with van der Waals surface area (Å²) in [5.74, 6) is 3.96. The third-order valence-electron chi connectivity index (χ3n) is 6.70. The monoisotopic (exact) mass is 497 g/mol. The molecule has 0 aromatic carbocycles. The molecule has 28 heavy (non-hydrogen) atoms. The van der Waals surface area contributed by atoms with Crippen LogP contribution >= 0.6 is 24.0 Å².